The van der Waals surface area contributed by atoms with E-state index >= 15 is 0 Å². The molecule has 0 aromatic heterocycles. The molecule has 0 aliphatic heterocycles. The number of ether oxygens (including phenoxy) is 1. The van der Waals surface area contributed by atoms with E-state index in [1.807, 2.05) is 50.4 Å². The SMILES string of the molecule is COC(=O)CCCCCCCNC(=O)[C@H](Cc1ccccc1)NC(=O)CNC(=O)[C@@H](CCSC)NC(=O)[C@@H](N)Cc1c(C)cc(O)cc1C. The molecule has 0 fully saturated rings. The summed E-state index contributed by atoms with van der Waals surface area (Å²) >= 11 is 1.52. The summed E-state index contributed by atoms with van der Waals surface area (Å²) in [4.78, 5) is 63.5. The van der Waals surface area contributed by atoms with Gasteiger partial charge in [-0.15, -0.1) is 0 Å². The zero-order valence-corrected chi connectivity index (χ0v) is 30.0. The third-order valence-electron chi connectivity index (χ3n) is 8.13. The van der Waals surface area contributed by atoms with Gasteiger partial charge >= 0.3 is 5.97 Å². The second-order valence-corrected chi connectivity index (χ2v) is 13.1. The molecule has 2 aromatic carbocycles. The van der Waals surface area contributed by atoms with Gasteiger partial charge in [-0.25, -0.2) is 0 Å². The predicted molar refractivity (Wildman–Crippen MR) is 192 cm³/mol. The number of aromatic hydroxyl groups is 1. The Bertz CT molecular complexity index is 1350. The van der Waals surface area contributed by atoms with E-state index in [2.05, 4.69) is 26.0 Å². The van der Waals surface area contributed by atoms with Crippen LogP contribution in [-0.2, 0) is 41.6 Å². The summed E-state index contributed by atoms with van der Waals surface area (Å²) < 4.78 is 4.65. The fourth-order valence-corrected chi connectivity index (χ4v) is 5.82. The van der Waals surface area contributed by atoms with Gasteiger partial charge in [-0.3, -0.25) is 24.0 Å². The van der Waals surface area contributed by atoms with Crippen LogP contribution in [0.15, 0.2) is 42.5 Å². The van der Waals surface area contributed by atoms with E-state index in [0.29, 0.717) is 25.1 Å². The summed E-state index contributed by atoms with van der Waals surface area (Å²) in [7, 11) is 1.38. The molecule has 0 spiro atoms. The molecule has 2 rings (SSSR count). The fraction of sp³-hybridized carbons (Fsp3) is 0.528. The van der Waals surface area contributed by atoms with Crippen LogP contribution < -0.4 is 27.0 Å². The lowest BCUT2D eigenvalue weighted by atomic mass is 9.96. The lowest BCUT2D eigenvalue weighted by Gasteiger charge is -2.22. The van der Waals surface area contributed by atoms with Crippen molar-refractivity contribution in [1.82, 2.24) is 21.3 Å². The van der Waals surface area contributed by atoms with Gasteiger partial charge in [0.25, 0.3) is 0 Å². The third kappa shape index (κ3) is 15.8. The molecular formula is C36H53N5O7S. The molecule has 0 radical (unpaired) electrons. The average molecular weight is 700 g/mol. The fourth-order valence-electron chi connectivity index (χ4n) is 5.34. The number of nitrogens with one attached hydrogen (secondary N) is 4. The van der Waals surface area contributed by atoms with E-state index in [0.717, 1.165) is 54.4 Å². The number of benzene rings is 2. The van der Waals surface area contributed by atoms with Crippen LogP contribution in [0.2, 0.25) is 0 Å². The van der Waals surface area contributed by atoms with Gasteiger partial charge in [0, 0.05) is 19.4 Å². The molecule has 0 heterocycles. The molecule has 0 bridgehead atoms. The standard InChI is InChI=1S/C36H53N5O7S/c1-24-19-27(42)20-25(2)28(24)22-29(37)34(45)41-30(16-18-49-4)35(46)39-23-32(43)40-31(21-26-13-9-8-10-14-26)36(47)38-17-12-7-5-6-11-15-33(44)48-3/h8-10,13-14,19-20,29-31,42H,5-7,11-12,15-18,21-23,37H2,1-4H3,(H,38,47)(H,39,46)(H,40,43)(H,41,45)/t29-,30+,31-/m0/s1. The Morgan fingerprint density at radius 2 is 1.47 bits per heavy atom. The second-order valence-electron chi connectivity index (χ2n) is 12.1. The van der Waals surface area contributed by atoms with Gasteiger partial charge in [0.15, 0.2) is 0 Å². The number of methoxy groups -OCH3 is 1. The highest BCUT2D eigenvalue weighted by atomic mass is 32.2. The summed E-state index contributed by atoms with van der Waals surface area (Å²) in [6.45, 7) is 3.73. The van der Waals surface area contributed by atoms with Crippen LogP contribution in [0.1, 0.15) is 67.2 Å². The van der Waals surface area contributed by atoms with Gasteiger partial charge in [0.05, 0.1) is 19.7 Å². The van der Waals surface area contributed by atoms with Crippen molar-refractivity contribution in [3.63, 3.8) is 0 Å². The van der Waals surface area contributed by atoms with Crippen molar-refractivity contribution < 1.29 is 33.8 Å². The molecule has 0 saturated carbocycles. The first kappa shape index (κ1) is 41.1. The number of carbonyl (C=O) groups is 5. The number of phenolic OH excluding ortho intramolecular Hbond substituents is 1. The molecule has 7 N–H and O–H groups in total. The molecule has 13 heteroatoms. The van der Waals surface area contributed by atoms with Gasteiger partial charge in [-0.1, -0.05) is 49.6 Å². The minimum atomic E-state index is -0.932. The minimum Gasteiger partial charge on any atom is -0.508 e. The monoisotopic (exact) mass is 699 g/mol. The van der Waals surface area contributed by atoms with Crippen molar-refractivity contribution in [2.24, 2.45) is 5.73 Å². The molecule has 0 saturated heterocycles. The van der Waals surface area contributed by atoms with Crippen molar-refractivity contribution in [2.75, 3.05) is 32.2 Å². The van der Waals surface area contributed by atoms with Crippen LogP contribution in [-0.4, -0.2) is 85.0 Å². The summed E-state index contributed by atoms with van der Waals surface area (Å²) in [5.41, 5.74) is 9.57. The van der Waals surface area contributed by atoms with Gasteiger partial charge in [-0.05, 0) is 85.9 Å². The maximum absolute atomic E-state index is 13.2. The Morgan fingerprint density at radius 1 is 0.837 bits per heavy atom. The Morgan fingerprint density at radius 3 is 2.12 bits per heavy atom. The first-order valence-corrected chi connectivity index (χ1v) is 18.1. The number of carbonyl (C=O) groups excluding carboxylic acids is 5. The summed E-state index contributed by atoms with van der Waals surface area (Å²) in [5.74, 6) is -1.39. The second kappa shape index (κ2) is 22.5. The minimum absolute atomic E-state index is 0.137. The Hall–Kier alpha value is -4.10. The number of nitrogens with two attached hydrogens (primary N) is 1. The van der Waals surface area contributed by atoms with Crippen molar-refractivity contribution in [2.45, 2.75) is 89.8 Å². The molecule has 3 atom stereocenters. The number of amides is 4. The molecule has 49 heavy (non-hydrogen) atoms. The van der Waals surface area contributed by atoms with Crippen molar-refractivity contribution in [3.8, 4) is 5.75 Å². The lowest BCUT2D eigenvalue weighted by Crippen LogP contribution is -2.54. The highest BCUT2D eigenvalue weighted by Crippen LogP contribution is 2.22. The van der Waals surface area contributed by atoms with Crippen molar-refractivity contribution in [3.05, 3.63) is 64.7 Å². The van der Waals surface area contributed by atoms with Gasteiger partial charge in [-0.2, -0.15) is 11.8 Å². The number of thioether (sulfide) groups is 1. The average Bonchev–Trinajstić information content (AvgIpc) is 3.07. The van der Waals surface area contributed by atoms with Crippen LogP contribution in [0, 0.1) is 13.8 Å². The number of rotatable bonds is 22. The Labute approximate surface area is 294 Å². The molecule has 4 amide bonds. The first-order chi connectivity index (χ1) is 23.4. The zero-order chi connectivity index (χ0) is 36.2. The number of unbranched alkanes of at least 4 members (excludes halogenated alkanes) is 4. The van der Waals surface area contributed by atoms with Crippen molar-refractivity contribution >= 4 is 41.4 Å². The smallest absolute Gasteiger partial charge is 0.305 e. The topological polar surface area (TPSA) is 189 Å². The van der Waals surface area contributed by atoms with E-state index in [1.165, 1.54) is 18.9 Å². The van der Waals surface area contributed by atoms with Crippen LogP contribution in [0.3, 0.4) is 0 Å². The van der Waals surface area contributed by atoms with Crippen molar-refractivity contribution in [1.29, 1.82) is 0 Å². The summed E-state index contributed by atoms with van der Waals surface area (Å²) in [6.07, 6.45) is 7.35. The van der Waals surface area contributed by atoms with E-state index in [-0.39, 0.29) is 37.0 Å². The largest absolute Gasteiger partial charge is 0.508 e. The van der Waals surface area contributed by atoms with E-state index in [9.17, 15) is 29.1 Å². The molecule has 0 aliphatic carbocycles. The Balaban J connectivity index is 1.93. The lowest BCUT2D eigenvalue weighted by molar-refractivity contribution is -0.140. The highest BCUT2D eigenvalue weighted by Gasteiger charge is 2.26. The molecule has 12 nitrogen and oxygen atoms in total. The zero-order valence-electron chi connectivity index (χ0n) is 29.1. The highest BCUT2D eigenvalue weighted by molar-refractivity contribution is 7.98. The molecule has 0 aliphatic rings. The van der Waals surface area contributed by atoms with Crippen LogP contribution in [0.25, 0.3) is 0 Å². The number of hydrogen-bond donors (Lipinski definition) is 6. The quantitative estimate of drug-likeness (QED) is 0.0793. The van der Waals surface area contributed by atoms with Gasteiger partial charge in [0.1, 0.15) is 17.8 Å². The van der Waals surface area contributed by atoms with Gasteiger partial charge in [0.2, 0.25) is 23.6 Å². The molecular weight excluding hydrogens is 646 g/mol. The number of aryl methyl sites for hydroxylation is 2. The number of phenols is 1. The maximum atomic E-state index is 13.2. The van der Waals surface area contributed by atoms with Crippen LogP contribution >= 0.6 is 11.8 Å². The molecule has 2 aromatic rings. The van der Waals surface area contributed by atoms with E-state index in [1.54, 1.807) is 12.1 Å². The summed E-state index contributed by atoms with van der Waals surface area (Å²) in [5, 5.41) is 20.8. The first-order valence-electron chi connectivity index (χ1n) is 16.7. The van der Waals surface area contributed by atoms with Crippen LogP contribution in [0.4, 0.5) is 0 Å². The Kier molecular flexibility index (Phi) is 18.9. The normalized spacial score (nSPS) is 12.7. The van der Waals surface area contributed by atoms with E-state index in [4.69, 9.17) is 5.73 Å². The molecule has 270 valence electrons. The maximum Gasteiger partial charge on any atom is 0.305 e. The number of esters is 1. The third-order valence-corrected chi connectivity index (χ3v) is 8.77. The number of hydrogen-bond acceptors (Lipinski definition) is 9. The summed E-state index contributed by atoms with van der Waals surface area (Å²) in [6, 6.07) is 9.84. The van der Waals surface area contributed by atoms with E-state index < -0.39 is 35.8 Å². The van der Waals surface area contributed by atoms with Gasteiger partial charge < -0.3 is 36.8 Å². The predicted octanol–water partition coefficient (Wildman–Crippen LogP) is 2.59. The molecule has 0 unspecified atom stereocenters. The van der Waals surface area contributed by atoms with Crippen LogP contribution in [0.5, 0.6) is 5.75 Å².